The lowest BCUT2D eigenvalue weighted by Crippen LogP contribution is -2.35. The number of aryl methyl sites for hydroxylation is 1. The molecule has 1 unspecified atom stereocenters. The molecule has 0 saturated carbocycles. The first-order valence-electron chi connectivity index (χ1n) is 15.6. The predicted molar refractivity (Wildman–Crippen MR) is 161 cm³/mol. The third-order valence-electron chi connectivity index (χ3n) is 8.64. The monoisotopic (exact) mass is 534 g/mol. The molecule has 0 bridgehead atoms. The fourth-order valence-corrected chi connectivity index (χ4v) is 6.41. The van der Waals surface area contributed by atoms with Crippen molar-refractivity contribution < 1.29 is 4.74 Å². The molecule has 0 amide bonds. The second-order valence-electron chi connectivity index (χ2n) is 12.1. The van der Waals surface area contributed by atoms with Gasteiger partial charge < -0.3 is 19.9 Å². The average Bonchev–Trinajstić information content (AvgIpc) is 3.11. The molecule has 7 heteroatoms. The average molecular weight is 535 g/mol. The third-order valence-corrected chi connectivity index (χ3v) is 8.64. The summed E-state index contributed by atoms with van der Waals surface area (Å²) in [5.41, 5.74) is 4.09. The van der Waals surface area contributed by atoms with Gasteiger partial charge in [0.25, 0.3) is 0 Å². The third kappa shape index (κ3) is 8.07. The van der Waals surface area contributed by atoms with Crippen LogP contribution in [0.25, 0.3) is 0 Å². The van der Waals surface area contributed by atoms with Crippen LogP contribution < -0.4 is 15.0 Å². The maximum Gasteiger partial charge on any atom is 0.224 e. The van der Waals surface area contributed by atoms with Crippen LogP contribution in [-0.4, -0.2) is 79.2 Å². The van der Waals surface area contributed by atoms with E-state index in [1.807, 2.05) is 0 Å². The molecular formula is C32H50N6O. The van der Waals surface area contributed by atoms with Gasteiger partial charge in [0.1, 0.15) is 11.6 Å². The Labute approximate surface area is 236 Å². The largest absolute Gasteiger partial charge is 0.494 e. The Morgan fingerprint density at radius 2 is 1.67 bits per heavy atom. The normalized spacial score (nSPS) is 20.5. The molecule has 0 radical (unpaired) electrons. The highest BCUT2D eigenvalue weighted by molar-refractivity contribution is 5.53. The minimum absolute atomic E-state index is 0.510. The Morgan fingerprint density at radius 1 is 0.897 bits per heavy atom. The van der Waals surface area contributed by atoms with Crippen LogP contribution in [0.3, 0.4) is 0 Å². The standard InChI is InChI=1S/C32H50N6O/c1-36(2)19-11-23-39-28-17-15-26(16-18-28)25-38-22-10-12-27(38)24-33-32-34-30-14-7-5-6-13-29(30)31(35-32)37-20-8-3-4-9-21-37/h15-18,27H,3-14,19-25H2,1-2H3,(H,33,34,35). The zero-order valence-corrected chi connectivity index (χ0v) is 24.5. The van der Waals surface area contributed by atoms with Crippen molar-refractivity contribution in [2.45, 2.75) is 89.6 Å². The van der Waals surface area contributed by atoms with Gasteiger partial charge in [0.15, 0.2) is 0 Å². The molecule has 2 aliphatic heterocycles. The van der Waals surface area contributed by atoms with Crippen molar-refractivity contribution >= 4 is 11.8 Å². The van der Waals surface area contributed by atoms with Crippen LogP contribution in [0.15, 0.2) is 24.3 Å². The van der Waals surface area contributed by atoms with Crippen LogP contribution in [0.1, 0.15) is 81.0 Å². The van der Waals surface area contributed by atoms with Gasteiger partial charge in [-0.2, -0.15) is 4.98 Å². The molecule has 39 heavy (non-hydrogen) atoms. The molecule has 1 aromatic carbocycles. The van der Waals surface area contributed by atoms with E-state index < -0.39 is 0 Å². The molecule has 0 spiro atoms. The molecule has 1 atom stereocenters. The summed E-state index contributed by atoms with van der Waals surface area (Å²) in [5.74, 6) is 3.05. The lowest BCUT2D eigenvalue weighted by molar-refractivity contribution is 0.253. The molecule has 214 valence electrons. The van der Waals surface area contributed by atoms with Crippen LogP contribution in [0.5, 0.6) is 5.75 Å². The van der Waals surface area contributed by atoms with Crippen molar-refractivity contribution in [1.29, 1.82) is 0 Å². The van der Waals surface area contributed by atoms with Crippen molar-refractivity contribution in [2.24, 2.45) is 0 Å². The first kappa shape index (κ1) is 28.2. The summed E-state index contributed by atoms with van der Waals surface area (Å²) >= 11 is 0. The SMILES string of the molecule is CN(C)CCCOc1ccc(CN2CCCC2CNc2nc3c(c(N4CCCCCC4)n2)CCCCC3)cc1. The molecule has 2 fully saturated rings. The van der Waals surface area contributed by atoms with Gasteiger partial charge in [-0.15, -0.1) is 0 Å². The fraction of sp³-hybridized carbons (Fsp3) is 0.688. The summed E-state index contributed by atoms with van der Waals surface area (Å²) < 4.78 is 5.93. The van der Waals surface area contributed by atoms with Crippen molar-refractivity contribution in [2.75, 3.05) is 63.6 Å². The molecule has 7 nitrogen and oxygen atoms in total. The van der Waals surface area contributed by atoms with E-state index in [2.05, 4.69) is 58.4 Å². The lowest BCUT2D eigenvalue weighted by Gasteiger charge is -2.27. The van der Waals surface area contributed by atoms with Crippen LogP contribution >= 0.6 is 0 Å². The Kier molecular flexibility index (Phi) is 10.3. The van der Waals surface area contributed by atoms with E-state index in [-0.39, 0.29) is 0 Å². The van der Waals surface area contributed by atoms with Gasteiger partial charge in [0.05, 0.1) is 12.3 Å². The van der Waals surface area contributed by atoms with E-state index in [0.29, 0.717) is 6.04 Å². The zero-order chi connectivity index (χ0) is 26.9. The van der Waals surface area contributed by atoms with Crippen molar-refractivity contribution in [1.82, 2.24) is 19.8 Å². The Bertz CT molecular complexity index is 1020. The van der Waals surface area contributed by atoms with Gasteiger partial charge in [-0.25, -0.2) is 4.98 Å². The van der Waals surface area contributed by atoms with E-state index in [9.17, 15) is 0 Å². The molecule has 1 N–H and O–H groups in total. The number of rotatable bonds is 11. The quantitative estimate of drug-likeness (QED) is 0.300. The summed E-state index contributed by atoms with van der Waals surface area (Å²) in [7, 11) is 4.20. The number of hydrogen-bond acceptors (Lipinski definition) is 7. The molecule has 3 aliphatic rings. The van der Waals surface area contributed by atoms with Crippen LogP contribution in [0.2, 0.25) is 0 Å². The zero-order valence-electron chi connectivity index (χ0n) is 24.5. The first-order valence-corrected chi connectivity index (χ1v) is 15.6. The molecule has 3 heterocycles. The summed E-state index contributed by atoms with van der Waals surface area (Å²) in [6.45, 7) is 7.14. The maximum absolute atomic E-state index is 5.93. The van der Waals surface area contributed by atoms with E-state index in [0.717, 1.165) is 76.8 Å². The Morgan fingerprint density at radius 3 is 2.46 bits per heavy atom. The molecule has 2 aromatic rings. The van der Waals surface area contributed by atoms with Gasteiger partial charge in [-0.3, -0.25) is 4.90 Å². The second-order valence-corrected chi connectivity index (χ2v) is 12.1. The second kappa shape index (κ2) is 14.3. The Hall–Kier alpha value is -2.38. The van der Waals surface area contributed by atoms with Crippen LogP contribution in [0.4, 0.5) is 11.8 Å². The molecular weight excluding hydrogens is 484 g/mol. The number of hydrogen-bond donors (Lipinski definition) is 1. The number of likely N-dealkylation sites (tertiary alicyclic amines) is 1. The fourth-order valence-electron chi connectivity index (χ4n) is 6.41. The number of fused-ring (bicyclic) bond motifs is 1. The maximum atomic E-state index is 5.93. The highest BCUT2D eigenvalue weighted by atomic mass is 16.5. The van der Waals surface area contributed by atoms with Gasteiger partial charge in [-0.05, 0) is 96.1 Å². The number of aromatic nitrogens is 2. The van der Waals surface area contributed by atoms with E-state index >= 15 is 0 Å². The number of nitrogens with one attached hydrogen (secondary N) is 1. The molecule has 1 aliphatic carbocycles. The van der Waals surface area contributed by atoms with Crippen molar-refractivity contribution in [3.8, 4) is 5.75 Å². The predicted octanol–water partition coefficient (Wildman–Crippen LogP) is 5.53. The molecule has 1 aromatic heterocycles. The van der Waals surface area contributed by atoms with Gasteiger partial charge in [0, 0.05) is 44.3 Å². The Balaban J connectivity index is 1.19. The topological polar surface area (TPSA) is 56.8 Å². The summed E-state index contributed by atoms with van der Waals surface area (Å²) in [6, 6.07) is 9.22. The van der Waals surface area contributed by atoms with E-state index in [1.165, 1.54) is 80.4 Å². The summed E-state index contributed by atoms with van der Waals surface area (Å²) in [4.78, 5) is 17.7. The van der Waals surface area contributed by atoms with Gasteiger partial charge >= 0.3 is 0 Å². The number of anilines is 2. The smallest absolute Gasteiger partial charge is 0.224 e. The minimum Gasteiger partial charge on any atom is -0.494 e. The highest BCUT2D eigenvalue weighted by Crippen LogP contribution is 2.30. The van der Waals surface area contributed by atoms with Crippen molar-refractivity contribution in [3.63, 3.8) is 0 Å². The molecule has 5 rings (SSSR count). The number of nitrogens with zero attached hydrogens (tertiary/aromatic N) is 5. The van der Waals surface area contributed by atoms with Crippen LogP contribution in [-0.2, 0) is 19.4 Å². The number of benzene rings is 1. The van der Waals surface area contributed by atoms with Gasteiger partial charge in [0.2, 0.25) is 5.95 Å². The van der Waals surface area contributed by atoms with Crippen LogP contribution in [0, 0.1) is 0 Å². The molecule has 2 saturated heterocycles. The lowest BCUT2D eigenvalue weighted by atomic mass is 10.1. The van der Waals surface area contributed by atoms with Gasteiger partial charge in [-0.1, -0.05) is 31.4 Å². The first-order chi connectivity index (χ1) is 19.2. The summed E-state index contributed by atoms with van der Waals surface area (Å²) in [5, 5.41) is 3.70. The minimum atomic E-state index is 0.510. The van der Waals surface area contributed by atoms with E-state index in [1.54, 1.807) is 0 Å². The summed E-state index contributed by atoms with van der Waals surface area (Å²) in [6.07, 6.45) is 14.8. The van der Waals surface area contributed by atoms with E-state index in [4.69, 9.17) is 14.7 Å². The van der Waals surface area contributed by atoms with Crippen molar-refractivity contribution in [3.05, 3.63) is 41.1 Å². The number of ether oxygens (including phenoxy) is 1. The highest BCUT2D eigenvalue weighted by Gasteiger charge is 2.26.